The zero-order valence-corrected chi connectivity index (χ0v) is 9.09. The summed E-state index contributed by atoms with van der Waals surface area (Å²) < 4.78 is 0. The van der Waals surface area contributed by atoms with E-state index in [4.69, 9.17) is 5.73 Å². The molecule has 0 aromatic heterocycles. The minimum atomic E-state index is 0.386. The van der Waals surface area contributed by atoms with Crippen LogP contribution >= 0.6 is 0 Å². The van der Waals surface area contributed by atoms with Gasteiger partial charge >= 0.3 is 0 Å². The summed E-state index contributed by atoms with van der Waals surface area (Å²) >= 11 is 0. The average Bonchev–Trinajstić information content (AvgIpc) is 2.92. The highest BCUT2D eigenvalue weighted by molar-refractivity contribution is 5.31. The standard InChI is InChI=1S/C13H19N/c1-9-3-4-12(10(2)7-9)8-13(14)11-5-6-11/h3-4,7,11,13H,5-6,8,14H2,1-2H3. The Bertz CT molecular complexity index is 326. The van der Waals surface area contributed by atoms with Crippen molar-refractivity contribution < 1.29 is 0 Å². The summed E-state index contributed by atoms with van der Waals surface area (Å²) in [6.45, 7) is 4.32. The van der Waals surface area contributed by atoms with Crippen LogP contribution in [0.25, 0.3) is 0 Å². The maximum absolute atomic E-state index is 6.12. The van der Waals surface area contributed by atoms with Gasteiger partial charge in [0, 0.05) is 6.04 Å². The van der Waals surface area contributed by atoms with Crippen LogP contribution in [-0.4, -0.2) is 6.04 Å². The molecule has 1 saturated carbocycles. The monoisotopic (exact) mass is 189 g/mol. The predicted molar refractivity (Wildman–Crippen MR) is 60.3 cm³/mol. The number of hydrogen-bond donors (Lipinski definition) is 1. The molecule has 1 aromatic carbocycles. The smallest absolute Gasteiger partial charge is 0.0108 e. The fourth-order valence-corrected chi connectivity index (χ4v) is 2.02. The molecule has 14 heavy (non-hydrogen) atoms. The van der Waals surface area contributed by atoms with Crippen molar-refractivity contribution in [3.8, 4) is 0 Å². The van der Waals surface area contributed by atoms with Gasteiger partial charge in [-0.1, -0.05) is 23.8 Å². The largest absolute Gasteiger partial charge is 0.327 e. The SMILES string of the molecule is Cc1ccc(CC(N)C2CC2)c(C)c1. The first-order valence-electron chi connectivity index (χ1n) is 5.48. The van der Waals surface area contributed by atoms with E-state index in [1.54, 1.807) is 0 Å². The first-order chi connectivity index (χ1) is 6.66. The van der Waals surface area contributed by atoms with E-state index < -0.39 is 0 Å². The molecule has 76 valence electrons. The fraction of sp³-hybridized carbons (Fsp3) is 0.538. The molecular formula is C13H19N. The second-order valence-electron chi connectivity index (χ2n) is 4.64. The van der Waals surface area contributed by atoms with Gasteiger partial charge in [-0.05, 0) is 50.2 Å². The van der Waals surface area contributed by atoms with Crippen molar-refractivity contribution in [3.63, 3.8) is 0 Å². The number of rotatable bonds is 3. The van der Waals surface area contributed by atoms with Crippen molar-refractivity contribution in [2.75, 3.05) is 0 Å². The quantitative estimate of drug-likeness (QED) is 0.777. The number of hydrogen-bond acceptors (Lipinski definition) is 1. The molecule has 0 aliphatic heterocycles. The molecule has 1 unspecified atom stereocenters. The lowest BCUT2D eigenvalue weighted by Crippen LogP contribution is -2.25. The average molecular weight is 189 g/mol. The molecule has 2 rings (SSSR count). The van der Waals surface area contributed by atoms with Crippen LogP contribution < -0.4 is 5.73 Å². The van der Waals surface area contributed by atoms with Crippen LogP contribution in [0.1, 0.15) is 29.5 Å². The maximum Gasteiger partial charge on any atom is 0.0108 e. The Morgan fingerprint density at radius 3 is 2.64 bits per heavy atom. The van der Waals surface area contributed by atoms with Crippen molar-refractivity contribution in [3.05, 3.63) is 34.9 Å². The Morgan fingerprint density at radius 2 is 2.07 bits per heavy atom. The van der Waals surface area contributed by atoms with E-state index in [1.807, 2.05) is 0 Å². The van der Waals surface area contributed by atoms with Crippen molar-refractivity contribution in [1.82, 2.24) is 0 Å². The lowest BCUT2D eigenvalue weighted by atomic mass is 9.97. The van der Waals surface area contributed by atoms with Gasteiger partial charge in [0.2, 0.25) is 0 Å². The summed E-state index contributed by atoms with van der Waals surface area (Å²) in [6, 6.07) is 7.04. The van der Waals surface area contributed by atoms with Crippen molar-refractivity contribution in [2.24, 2.45) is 11.7 Å². The van der Waals surface area contributed by atoms with Crippen LogP contribution in [0.2, 0.25) is 0 Å². The topological polar surface area (TPSA) is 26.0 Å². The third kappa shape index (κ3) is 2.16. The van der Waals surface area contributed by atoms with Gasteiger partial charge < -0.3 is 5.73 Å². The number of benzene rings is 1. The minimum absolute atomic E-state index is 0.386. The normalized spacial score (nSPS) is 18.2. The van der Waals surface area contributed by atoms with Gasteiger partial charge in [0.05, 0.1) is 0 Å². The lowest BCUT2D eigenvalue weighted by molar-refractivity contribution is 0.590. The van der Waals surface area contributed by atoms with Gasteiger partial charge in [-0.25, -0.2) is 0 Å². The Hall–Kier alpha value is -0.820. The van der Waals surface area contributed by atoms with E-state index in [9.17, 15) is 0 Å². The number of aryl methyl sites for hydroxylation is 2. The first-order valence-corrected chi connectivity index (χ1v) is 5.48. The third-order valence-corrected chi connectivity index (χ3v) is 3.18. The zero-order chi connectivity index (χ0) is 10.1. The molecular weight excluding hydrogens is 170 g/mol. The maximum atomic E-state index is 6.12. The summed E-state index contributed by atoms with van der Waals surface area (Å²) in [5, 5.41) is 0. The van der Waals surface area contributed by atoms with Gasteiger partial charge in [-0.3, -0.25) is 0 Å². The molecule has 1 atom stereocenters. The summed E-state index contributed by atoms with van der Waals surface area (Å²) in [4.78, 5) is 0. The molecule has 2 N–H and O–H groups in total. The van der Waals surface area contributed by atoms with Gasteiger partial charge in [-0.15, -0.1) is 0 Å². The van der Waals surface area contributed by atoms with E-state index in [1.165, 1.54) is 29.5 Å². The van der Waals surface area contributed by atoms with E-state index in [0.717, 1.165) is 12.3 Å². The van der Waals surface area contributed by atoms with E-state index in [2.05, 4.69) is 32.0 Å². The second-order valence-corrected chi connectivity index (χ2v) is 4.64. The predicted octanol–water partition coefficient (Wildman–Crippen LogP) is 2.58. The van der Waals surface area contributed by atoms with Gasteiger partial charge in [0.1, 0.15) is 0 Å². The molecule has 1 fully saturated rings. The first kappa shape index (κ1) is 9.72. The van der Waals surface area contributed by atoms with Crippen molar-refractivity contribution in [1.29, 1.82) is 0 Å². The summed E-state index contributed by atoms with van der Waals surface area (Å²) in [6.07, 6.45) is 3.73. The van der Waals surface area contributed by atoms with Gasteiger partial charge in [-0.2, -0.15) is 0 Å². The Balaban J connectivity index is 2.07. The highest BCUT2D eigenvalue weighted by Crippen LogP contribution is 2.33. The van der Waals surface area contributed by atoms with Crippen LogP contribution in [-0.2, 0) is 6.42 Å². The molecule has 1 aliphatic carbocycles. The lowest BCUT2D eigenvalue weighted by Gasteiger charge is -2.12. The Kier molecular flexibility index (Phi) is 2.60. The van der Waals surface area contributed by atoms with Crippen LogP contribution in [0.5, 0.6) is 0 Å². The van der Waals surface area contributed by atoms with E-state index >= 15 is 0 Å². The number of nitrogens with two attached hydrogens (primary N) is 1. The van der Waals surface area contributed by atoms with Crippen LogP contribution in [0.4, 0.5) is 0 Å². The van der Waals surface area contributed by atoms with E-state index in [0.29, 0.717) is 6.04 Å². The molecule has 0 amide bonds. The molecule has 0 bridgehead atoms. The van der Waals surface area contributed by atoms with Crippen LogP contribution in [0.3, 0.4) is 0 Å². The Labute approximate surface area is 86.3 Å². The summed E-state index contributed by atoms with van der Waals surface area (Å²) in [5.41, 5.74) is 10.3. The summed E-state index contributed by atoms with van der Waals surface area (Å²) in [7, 11) is 0. The fourth-order valence-electron chi connectivity index (χ4n) is 2.02. The van der Waals surface area contributed by atoms with Crippen molar-refractivity contribution >= 4 is 0 Å². The zero-order valence-electron chi connectivity index (χ0n) is 9.09. The highest BCUT2D eigenvalue weighted by atomic mass is 14.7. The summed E-state index contributed by atoms with van der Waals surface area (Å²) in [5.74, 6) is 0.802. The molecule has 1 aliphatic rings. The molecule has 1 heteroatoms. The highest BCUT2D eigenvalue weighted by Gasteiger charge is 2.28. The van der Waals surface area contributed by atoms with Crippen LogP contribution in [0, 0.1) is 19.8 Å². The van der Waals surface area contributed by atoms with Crippen molar-refractivity contribution in [2.45, 2.75) is 39.2 Å². The van der Waals surface area contributed by atoms with Gasteiger partial charge in [0.25, 0.3) is 0 Å². The third-order valence-electron chi connectivity index (χ3n) is 3.18. The minimum Gasteiger partial charge on any atom is -0.327 e. The molecule has 1 aromatic rings. The Morgan fingerprint density at radius 1 is 1.36 bits per heavy atom. The molecule has 0 heterocycles. The second kappa shape index (κ2) is 3.74. The molecule has 0 radical (unpaired) electrons. The van der Waals surface area contributed by atoms with Crippen LogP contribution in [0.15, 0.2) is 18.2 Å². The molecule has 0 spiro atoms. The molecule has 0 saturated heterocycles. The van der Waals surface area contributed by atoms with Gasteiger partial charge in [0.15, 0.2) is 0 Å². The van der Waals surface area contributed by atoms with E-state index in [-0.39, 0.29) is 0 Å². The molecule has 1 nitrogen and oxygen atoms in total.